The quantitative estimate of drug-likeness (QED) is 0.395. The van der Waals surface area contributed by atoms with Crippen LogP contribution in [0.15, 0.2) is 41.4 Å². The lowest BCUT2D eigenvalue weighted by Crippen LogP contribution is -2.45. The summed E-state index contributed by atoms with van der Waals surface area (Å²) in [6.07, 6.45) is -1.71. The van der Waals surface area contributed by atoms with Crippen LogP contribution in [0.3, 0.4) is 0 Å². The van der Waals surface area contributed by atoms with Crippen LogP contribution < -0.4 is 20.9 Å². The van der Waals surface area contributed by atoms with E-state index >= 15 is 0 Å². The Labute approximate surface area is 218 Å². The van der Waals surface area contributed by atoms with Gasteiger partial charge in [-0.25, -0.2) is 0 Å². The number of fused-ring (bicyclic) bond motifs is 1. The number of amides is 3. The Bertz CT molecular complexity index is 1250. The first kappa shape index (κ1) is 26.6. The standard InChI is InChI=1S/C25H28ClN5O6/c1-14(22(34)24(35)29-19-6-5-17-18(21(19)26)12-28-23(17)27)25(36)31(7-9-32)16-4-2-3-15(11-16)30-8-10-37-13-20(30)33/h2-6,11,14,22,32,34H,7-10,12-13H2,1H3,(H2,27,28)(H,29,35)/t14-,22-/m1/s1. The van der Waals surface area contributed by atoms with Crippen molar-refractivity contribution in [1.29, 1.82) is 0 Å². The van der Waals surface area contributed by atoms with E-state index in [1.807, 2.05) is 0 Å². The van der Waals surface area contributed by atoms with E-state index in [1.165, 1.54) is 11.8 Å². The maximum absolute atomic E-state index is 13.4. The minimum Gasteiger partial charge on any atom is -0.395 e. The molecule has 2 aromatic rings. The molecule has 0 aromatic heterocycles. The topological polar surface area (TPSA) is 158 Å². The predicted octanol–water partition coefficient (Wildman–Crippen LogP) is 0.883. The first-order valence-electron chi connectivity index (χ1n) is 11.7. The van der Waals surface area contributed by atoms with Crippen molar-refractivity contribution in [2.75, 3.05) is 48.0 Å². The molecule has 2 aliphatic rings. The molecule has 0 unspecified atom stereocenters. The molecule has 4 rings (SSSR count). The molecule has 3 amide bonds. The first-order valence-corrected chi connectivity index (χ1v) is 12.1. The highest BCUT2D eigenvalue weighted by molar-refractivity contribution is 6.35. The van der Waals surface area contributed by atoms with Crippen LogP contribution in [0.5, 0.6) is 0 Å². The van der Waals surface area contributed by atoms with Gasteiger partial charge in [-0.15, -0.1) is 0 Å². The Balaban J connectivity index is 1.49. The molecule has 0 bridgehead atoms. The highest BCUT2D eigenvalue weighted by atomic mass is 35.5. The fourth-order valence-corrected chi connectivity index (χ4v) is 4.53. The molecule has 0 saturated carbocycles. The van der Waals surface area contributed by atoms with E-state index in [4.69, 9.17) is 22.1 Å². The smallest absolute Gasteiger partial charge is 0.254 e. The van der Waals surface area contributed by atoms with Gasteiger partial charge >= 0.3 is 0 Å². The Morgan fingerprint density at radius 1 is 1.32 bits per heavy atom. The van der Waals surface area contributed by atoms with Crippen molar-refractivity contribution in [3.05, 3.63) is 52.5 Å². The molecule has 2 aliphatic heterocycles. The minimum atomic E-state index is -1.71. The van der Waals surface area contributed by atoms with Crippen molar-refractivity contribution >= 4 is 52.2 Å². The molecule has 12 heteroatoms. The summed E-state index contributed by atoms with van der Waals surface area (Å²) in [6, 6.07) is 9.96. The number of carbonyl (C=O) groups excluding carboxylic acids is 3. The van der Waals surface area contributed by atoms with Crippen LogP contribution in [-0.2, 0) is 25.7 Å². The molecule has 0 radical (unpaired) electrons. The molecule has 1 saturated heterocycles. The van der Waals surface area contributed by atoms with E-state index in [9.17, 15) is 24.6 Å². The predicted molar refractivity (Wildman–Crippen MR) is 139 cm³/mol. The van der Waals surface area contributed by atoms with Gasteiger partial charge in [0.25, 0.3) is 11.8 Å². The number of aliphatic hydroxyl groups is 2. The number of hydrogen-bond acceptors (Lipinski definition) is 8. The average molecular weight is 530 g/mol. The van der Waals surface area contributed by atoms with Crippen molar-refractivity contribution in [3.63, 3.8) is 0 Å². The lowest BCUT2D eigenvalue weighted by atomic mass is 10.0. The van der Waals surface area contributed by atoms with Gasteiger partial charge in [0, 0.05) is 35.6 Å². The lowest BCUT2D eigenvalue weighted by molar-refractivity contribution is -0.134. The van der Waals surface area contributed by atoms with E-state index in [0.29, 0.717) is 41.5 Å². The van der Waals surface area contributed by atoms with Gasteiger partial charge in [0.05, 0.1) is 36.4 Å². The number of halogens is 1. The number of aliphatic hydroxyl groups excluding tert-OH is 2. The molecular formula is C25H28ClN5O6. The van der Waals surface area contributed by atoms with Crippen molar-refractivity contribution in [3.8, 4) is 0 Å². The van der Waals surface area contributed by atoms with Crippen molar-refractivity contribution in [2.45, 2.75) is 19.6 Å². The Kier molecular flexibility index (Phi) is 8.08. The molecule has 196 valence electrons. The van der Waals surface area contributed by atoms with Gasteiger partial charge in [-0.1, -0.05) is 24.6 Å². The Hall–Kier alpha value is -3.51. The molecule has 11 nitrogen and oxygen atoms in total. The summed E-state index contributed by atoms with van der Waals surface area (Å²) >= 11 is 6.41. The number of nitrogens with two attached hydrogens (primary N) is 1. The lowest BCUT2D eigenvalue weighted by Gasteiger charge is -2.30. The van der Waals surface area contributed by atoms with Gasteiger partial charge in [-0.2, -0.15) is 0 Å². The van der Waals surface area contributed by atoms with E-state index in [-0.39, 0.29) is 42.9 Å². The monoisotopic (exact) mass is 529 g/mol. The maximum Gasteiger partial charge on any atom is 0.254 e. The summed E-state index contributed by atoms with van der Waals surface area (Å²) in [5.74, 6) is -2.40. The zero-order valence-corrected chi connectivity index (χ0v) is 20.9. The molecule has 2 heterocycles. The number of nitrogens with one attached hydrogen (secondary N) is 1. The van der Waals surface area contributed by atoms with Gasteiger partial charge < -0.3 is 35.8 Å². The summed E-state index contributed by atoms with van der Waals surface area (Å²) in [4.78, 5) is 45.4. The summed E-state index contributed by atoms with van der Waals surface area (Å²) in [7, 11) is 0. The Morgan fingerprint density at radius 3 is 2.84 bits per heavy atom. The second-order valence-electron chi connectivity index (χ2n) is 8.71. The van der Waals surface area contributed by atoms with Gasteiger partial charge in [0.2, 0.25) is 5.91 Å². The van der Waals surface area contributed by atoms with Gasteiger partial charge in [0.15, 0.2) is 0 Å². The summed E-state index contributed by atoms with van der Waals surface area (Å²) < 4.78 is 5.17. The van der Waals surface area contributed by atoms with Crippen molar-refractivity contribution < 1.29 is 29.3 Å². The molecule has 2 atom stereocenters. The van der Waals surface area contributed by atoms with Gasteiger partial charge in [-0.05, 0) is 30.3 Å². The number of anilines is 3. The largest absolute Gasteiger partial charge is 0.395 e. The van der Waals surface area contributed by atoms with E-state index < -0.39 is 23.8 Å². The third kappa shape index (κ3) is 5.44. The normalized spacial score (nSPS) is 16.6. The number of carbonyl (C=O) groups is 3. The van der Waals surface area contributed by atoms with Crippen LogP contribution in [0.4, 0.5) is 17.1 Å². The number of rotatable bonds is 8. The molecular weight excluding hydrogens is 502 g/mol. The highest BCUT2D eigenvalue weighted by Gasteiger charge is 2.33. The van der Waals surface area contributed by atoms with E-state index in [1.54, 1.807) is 41.3 Å². The van der Waals surface area contributed by atoms with Crippen LogP contribution in [0.1, 0.15) is 18.1 Å². The van der Waals surface area contributed by atoms with Crippen LogP contribution in [-0.4, -0.2) is 72.8 Å². The maximum atomic E-state index is 13.4. The minimum absolute atomic E-state index is 0.0313. The number of amidine groups is 1. The second-order valence-corrected chi connectivity index (χ2v) is 9.09. The molecule has 0 aliphatic carbocycles. The van der Waals surface area contributed by atoms with Crippen LogP contribution in [0.25, 0.3) is 0 Å². The van der Waals surface area contributed by atoms with Crippen molar-refractivity contribution in [2.24, 2.45) is 16.6 Å². The first-order chi connectivity index (χ1) is 17.7. The number of ether oxygens (including phenoxy) is 1. The summed E-state index contributed by atoms with van der Waals surface area (Å²) in [5.41, 5.74) is 8.44. The highest BCUT2D eigenvalue weighted by Crippen LogP contribution is 2.33. The summed E-state index contributed by atoms with van der Waals surface area (Å²) in [5, 5.41) is 23.2. The molecule has 37 heavy (non-hydrogen) atoms. The zero-order valence-electron chi connectivity index (χ0n) is 20.2. The van der Waals surface area contributed by atoms with Crippen LogP contribution >= 0.6 is 11.6 Å². The van der Waals surface area contributed by atoms with Crippen LogP contribution in [0, 0.1) is 5.92 Å². The molecule has 1 fully saturated rings. The van der Waals surface area contributed by atoms with Gasteiger partial charge in [0.1, 0.15) is 18.5 Å². The van der Waals surface area contributed by atoms with Crippen LogP contribution in [0.2, 0.25) is 5.02 Å². The zero-order chi connectivity index (χ0) is 26.7. The SMILES string of the molecule is C[C@@H](C(=O)N(CCO)c1cccc(N2CCOCC2=O)c1)[C@@H](O)C(=O)Nc1ccc2c(c1Cl)CN=C2N. The molecule has 0 spiro atoms. The van der Waals surface area contributed by atoms with E-state index in [2.05, 4.69) is 10.3 Å². The van der Waals surface area contributed by atoms with E-state index in [0.717, 1.165) is 0 Å². The molecule has 2 aromatic carbocycles. The number of benzene rings is 2. The molecule has 5 N–H and O–H groups in total. The fourth-order valence-electron chi connectivity index (χ4n) is 4.26. The Morgan fingerprint density at radius 2 is 2.11 bits per heavy atom. The average Bonchev–Trinajstić information content (AvgIpc) is 3.29. The van der Waals surface area contributed by atoms with Crippen molar-refractivity contribution in [1.82, 2.24) is 0 Å². The van der Waals surface area contributed by atoms with Gasteiger partial charge in [-0.3, -0.25) is 19.4 Å². The fraction of sp³-hybridized carbons (Fsp3) is 0.360. The third-order valence-electron chi connectivity index (χ3n) is 6.34. The summed E-state index contributed by atoms with van der Waals surface area (Å²) in [6.45, 7) is 2.01. The number of aliphatic imine (C=N–C) groups is 1. The third-order valence-corrected chi connectivity index (χ3v) is 6.78. The number of nitrogens with zero attached hydrogens (tertiary/aromatic N) is 3. The number of morpholine rings is 1. The second kappa shape index (κ2) is 11.3. The number of hydrogen-bond donors (Lipinski definition) is 4.